The Hall–Kier alpha value is -3.04. The number of thioether (sulfide) groups is 1. The molecule has 0 bridgehead atoms. The molecule has 1 saturated heterocycles. The maximum absolute atomic E-state index is 13.3. The van der Waals surface area contributed by atoms with E-state index < -0.39 is 29.4 Å². The number of rotatable bonds is 8. The van der Waals surface area contributed by atoms with Gasteiger partial charge in [0.25, 0.3) is 11.1 Å². The highest BCUT2D eigenvalue weighted by molar-refractivity contribution is 8.18. The Bertz CT molecular complexity index is 1090. The van der Waals surface area contributed by atoms with E-state index >= 15 is 0 Å². The van der Waals surface area contributed by atoms with Gasteiger partial charge in [-0.1, -0.05) is 11.6 Å². The van der Waals surface area contributed by atoms with E-state index in [2.05, 4.69) is 5.32 Å². The molecule has 3 rings (SSSR count). The minimum absolute atomic E-state index is 0.155. The zero-order chi connectivity index (χ0) is 23.3. The van der Waals surface area contributed by atoms with Crippen molar-refractivity contribution in [2.45, 2.75) is 13.8 Å². The number of benzene rings is 2. The number of nitrogens with zero attached hydrogens (tertiary/aromatic N) is 1. The Labute approximate surface area is 193 Å². The van der Waals surface area contributed by atoms with Crippen LogP contribution < -0.4 is 14.8 Å². The zero-order valence-corrected chi connectivity index (χ0v) is 18.9. The number of amides is 3. The molecular formula is C22H20ClFN2O5S. The van der Waals surface area contributed by atoms with Crippen LogP contribution in [0, 0.1) is 5.82 Å². The van der Waals surface area contributed by atoms with Crippen molar-refractivity contribution < 1.29 is 28.2 Å². The Morgan fingerprint density at radius 1 is 1.16 bits per heavy atom. The highest BCUT2D eigenvalue weighted by atomic mass is 35.5. The Morgan fingerprint density at radius 3 is 2.59 bits per heavy atom. The Balaban J connectivity index is 1.74. The van der Waals surface area contributed by atoms with Crippen LogP contribution in [0.4, 0.5) is 14.9 Å². The second-order valence-corrected chi connectivity index (χ2v) is 7.91. The van der Waals surface area contributed by atoms with Crippen molar-refractivity contribution in [2.75, 3.05) is 25.1 Å². The number of ether oxygens (including phenoxy) is 2. The zero-order valence-electron chi connectivity index (χ0n) is 17.3. The summed E-state index contributed by atoms with van der Waals surface area (Å²) in [7, 11) is 0. The van der Waals surface area contributed by atoms with Gasteiger partial charge >= 0.3 is 0 Å². The van der Waals surface area contributed by atoms with Crippen LogP contribution in [0.1, 0.15) is 19.4 Å². The molecule has 1 fully saturated rings. The van der Waals surface area contributed by atoms with Gasteiger partial charge in [0.1, 0.15) is 23.9 Å². The van der Waals surface area contributed by atoms with E-state index in [1.165, 1.54) is 12.1 Å². The number of nitrogens with one attached hydrogen (secondary N) is 1. The van der Waals surface area contributed by atoms with E-state index in [-0.39, 0.29) is 15.6 Å². The summed E-state index contributed by atoms with van der Waals surface area (Å²) in [5, 5.41) is 1.76. The smallest absolute Gasteiger partial charge is 0.294 e. The lowest BCUT2D eigenvalue weighted by molar-refractivity contribution is -0.127. The standard InChI is InChI=1S/C22H20ClFN2O5S/c1-3-30-15-7-5-13(18(11-15)31-4-2)9-19-21(28)26(22(29)32-19)12-20(27)25-14-6-8-17(24)16(23)10-14/h5-11H,3-4,12H2,1-2H3,(H,25,27)/b19-9+. The molecule has 7 nitrogen and oxygen atoms in total. The Kier molecular flexibility index (Phi) is 7.76. The molecule has 0 unspecified atom stereocenters. The number of imide groups is 1. The fourth-order valence-electron chi connectivity index (χ4n) is 2.87. The van der Waals surface area contributed by atoms with Gasteiger partial charge in [0.2, 0.25) is 5.91 Å². The van der Waals surface area contributed by atoms with Gasteiger partial charge in [-0.25, -0.2) is 4.39 Å². The summed E-state index contributed by atoms with van der Waals surface area (Å²) in [4.78, 5) is 38.4. The second kappa shape index (κ2) is 10.5. The van der Waals surface area contributed by atoms with Crippen molar-refractivity contribution in [1.29, 1.82) is 0 Å². The van der Waals surface area contributed by atoms with Crippen LogP contribution in [0.2, 0.25) is 5.02 Å². The van der Waals surface area contributed by atoms with Crippen molar-refractivity contribution in [1.82, 2.24) is 4.90 Å². The van der Waals surface area contributed by atoms with Gasteiger partial charge in [0.05, 0.1) is 23.1 Å². The first-order valence-corrected chi connectivity index (χ1v) is 10.9. The van der Waals surface area contributed by atoms with Gasteiger partial charge in [-0.05, 0) is 62.0 Å². The maximum Gasteiger partial charge on any atom is 0.294 e. The molecule has 0 spiro atoms. The van der Waals surface area contributed by atoms with Crippen LogP contribution in [0.15, 0.2) is 41.3 Å². The second-order valence-electron chi connectivity index (χ2n) is 6.51. The summed E-state index contributed by atoms with van der Waals surface area (Å²) in [6, 6.07) is 8.86. The van der Waals surface area contributed by atoms with Crippen molar-refractivity contribution >= 4 is 52.2 Å². The maximum atomic E-state index is 13.3. The molecule has 2 aromatic rings. The lowest BCUT2D eigenvalue weighted by Gasteiger charge is -2.13. The average molecular weight is 479 g/mol. The quantitative estimate of drug-likeness (QED) is 0.540. The van der Waals surface area contributed by atoms with Crippen LogP contribution in [0.3, 0.4) is 0 Å². The molecule has 0 atom stereocenters. The normalized spacial score (nSPS) is 14.8. The molecule has 0 radical (unpaired) electrons. The summed E-state index contributed by atoms with van der Waals surface area (Å²) in [5.74, 6) is -0.702. The molecule has 0 aliphatic carbocycles. The van der Waals surface area contributed by atoms with Gasteiger partial charge in [-0.15, -0.1) is 0 Å². The number of carbonyl (C=O) groups is 3. The number of anilines is 1. The minimum Gasteiger partial charge on any atom is -0.494 e. The van der Waals surface area contributed by atoms with Gasteiger partial charge in [-0.3, -0.25) is 19.3 Å². The molecule has 1 N–H and O–H groups in total. The molecule has 3 amide bonds. The van der Waals surface area contributed by atoms with Crippen molar-refractivity contribution in [3.05, 3.63) is 57.7 Å². The van der Waals surface area contributed by atoms with Crippen LogP contribution in [-0.2, 0) is 9.59 Å². The first-order valence-electron chi connectivity index (χ1n) is 9.72. The SMILES string of the molecule is CCOc1ccc(/C=C2/SC(=O)N(CC(=O)Nc3ccc(F)c(Cl)c3)C2=O)c(OCC)c1. The number of hydrogen-bond donors (Lipinski definition) is 1. The lowest BCUT2D eigenvalue weighted by atomic mass is 10.1. The van der Waals surface area contributed by atoms with E-state index in [1.807, 2.05) is 13.8 Å². The minimum atomic E-state index is -0.624. The van der Waals surface area contributed by atoms with Crippen molar-refractivity contribution in [2.24, 2.45) is 0 Å². The third-order valence-corrected chi connectivity index (χ3v) is 5.46. The van der Waals surface area contributed by atoms with Crippen molar-refractivity contribution in [3.8, 4) is 11.5 Å². The fourth-order valence-corrected chi connectivity index (χ4v) is 3.88. The molecule has 168 valence electrons. The van der Waals surface area contributed by atoms with Crippen molar-refractivity contribution in [3.63, 3.8) is 0 Å². The molecule has 0 aromatic heterocycles. The highest BCUT2D eigenvalue weighted by Gasteiger charge is 2.36. The third-order valence-electron chi connectivity index (χ3n) is 4.26. The highest BCUT2D eigenvalue weighted by Crippen LogP contribution is 2.35. The van der Waals surface area contributed by atoms with E-state index in [0.717, 1.165) is 22.7 Å². The van der Waals surface area contributed by atoms with Crippen LogP contribution in [0.5, 0.6) is 11.5 Å². The number of carbonyl (C=O) groups excluding carboxylic acids is 3. The van der Waals surface area contributed by atoms with Gasteiger partial charge in [0, 0.05) is 17.3 Å². The lowest BCUT2D eigenvalue weighted by Crippen LogP contribution is -2.36. The number of halogens is 2. The summed E-state index contributed by atoms with van der Waals surface area (Å²) < 4.78 is 24.4. The first kappa shape index (κ1) is 23.6. The molecule has 1 heterocycles. The van der Waals surface area contributed by atoms with Crippen LogP contribution >= 0.6 is 23.4 Å². The average Bonchev–Trinajstić information content (AvgIpc) is 3.00. The largest absolute Gasteiger partial charge is 0.494 e. The molecule has 1 aliphatic heterocycles. The molecule has 2 aromatic carbocycles. The first-order chi connectivity index (χ1) is 15.3. The molecule has 10 heteroatoms. The van der Waals surface area contributed by atoms with E-state index in [0.29, 0.717) is 30.3 Å². The van der Waals surface area contributed by atoms with Crippen LogP contribution in [-0.4, -0.2) is 41.7 Å². The predicted molar refractivity (Wildman–Crippen MR) is 121 cm³/mol. The summed E-state index contributed by atoms with van der Waals surface area (Å²) in [6.07, 6.45) is 1.54. The topological polar surface area (TPSA) is 84.9 Å². The molecule has 32 heavy (non-hydrogen) atoms. The van der Waals surface area contributed by atoms with E-state index in [9.17, 15) is 18.8 Å². The monoisotopic (exact) mass is 478 g/mol. The summed E-state index contributed by atoms with van der Waals surface area (Å²) in [5.41, 5.74) is 0.853. The van der Waals surface area contributed by atoms with E-state index in [1.54, 1.807) is 24.3 Å². The van der Waals surface area contributed by atoms with Gasteiger partial charge < -0.3 is 14.8 Å². The third kappa shape index (κ3) is 5.60. The predicted octanol–water partition coefficient (Wildman–Crippen LogP) is 4.95. The number of hydrogen-bond acceptors (Lipinski definition) is 6. The summed E-state index contributed by atoms with van der Waals surface area (Å²) in [6.45, 7) is 4.11. The van der Waals surface area contributed by atoms with Gasteiger partial charge in [0.15, 0.2) is 0 Å². The molecule has 1 aliphatic rings. The van der Waals surface area contributed by atoms with Crippen LogP contribution in [0.25, 0.3) is 6.08 Å². The fraction of sp³-hybridized carbons (Fsp3) is 0.227. The van der Waals surface area contributed by atoms with E-state index in [4.69, 9.17) is 21.1 Å². The Morgan fingerprint density at radius 2 is 1.91 bits per heavy atom. The van der Waals surface area contributed by atoms with Gasteiger partial charge in [-0.2, -0.15) is 0 Å². The molecule has 0 saturated carbocycles. The summed E-state index contributed by atoms with van der Waals surface area (Å²) >= 11 is 6.43. The molecular weight excluding hydrogens is 459 g/mol.